The fourth-order valence-electron chi connectivity index (χ4n) is 3.09. The first-order valence-corrected chi connectivity index (χ1v) is 8.14. The summed E-state index contributed by atoms with van der Waals surface area (Å²) < 4.78 is 5.17. The highest BCUT2D eigenvalue weighted by Gasteiger charge is 2.23. The number of pyridine rings is 1. The molecule has 2 unspecified atom stereocenters. The molecule has 1 saturated heterocycles. The molecule has 0 aliphatic carbocycles. The Balaban J connectivity index is 0.00000264. The largest absolute Gasteiger partial charge is 0.481 e. The van der Waals surface area contributed by atoms with Crippen molar-refractivity contribution in [1.29, 1.82) is 0 Å². The minimum atomic E-state index is 0. The lowest BCUT2D eigenvalue weighted by Gasteiger charge is -2.37. The molecule has 0 aromatic carbocycles. The Morgan fingerprint density at radius 1 is 1.39 bits per heavy atom. The van der Waals surface area contributed by atoms with Crippen molar-refractivity contribution < 1.29 is 4.74 Å². The van der Waals surface area contributed by atoms with E-state index < -0.39 is 0 Å². The summed E-state index contributed by atoms with van der Waals surface area (Å²) in [6.07, 6.45) is 3.07. The number of ether oxygens (including phenoxy) is 1. The number of piperidine rings is 1. The summed E-state index contributed by atoms with van der Waals surface area (Å²) >= 11 is 0. The quantitative estimate of drug-likeness (QED) is 0.451. The molecule has 0 bridgehead atoms. The van der Waals surface area contributed by atoms with E-state index in [1.165, 1.54) is 6.42 Å². The van der Waals surface area contributed by atoms with Crippen molar-refractivity contribution in [1.82, 2.24) is 15.2 Å². The maximum atomic E-state index is 5.17. The predicted octanol–water partition coefficient (Wildman–Crippen LogP) is 3.15. The highest BCUT2D eigenvalue weighted by atomic mass is 127. The van der Waals surface area contributed by atoms with Gasteiger partial charge in [-0.05, 0) is 36.8 Å². The Bertz CT molecular complexity index is 499. The zero-order valence-corrected chi connectivity index (χ0v) is 16.9. The third kappa shape index (κ3) is 6.16. The summed E-state index contributed by atoms with van der Waals surface area (Å²) in [7, 11) is 1.63. The maximum absolute atomic E-state index is 5.17. The van der Waals surface area contributed by atoms with E-state index in [0.717, 1.165) is 31.2 Å². The Hall–Kier alpha value is -1.05. The number of hydrogen-bond acceptors (Lipinski definition) is 3. The van der Waals surface area contributed by atoms with Crippen LogP contribution in [0.3, 0.4) is 0 Å². The Labute approximate surface area is 156 Å². The molecular weight excluding hydrogens is 403 g/mol. The van der Waals surface area contributed by atoms with E-state index in [4.69, 9.17) is 9.73 Å². The van der Waals surface area contributed by atoms with E-state index in [1.807, 2.05) is 12.1 Å². The van der Waals surface area contributed by atoms with Gasteiger partial charge >= 0.3 is 0 Å². The van der Waals surface area contributed by atoms with Crippen LogP contribution in [-0.4, -0.2) is 42.6 Å². The van der Waals surface area contributed by atoms with Crippen LogP contribution >= 0.6 is 24.0 Å². The van der Waals surface area contributed by atoms with Crippen LogP contribution in [0.4, 0.5) is 0 Å². The van der Waals surface area contributed by atoms with Gasteiger partial charge in [0, 0.05) is 31.9 Å². The molecule has 0 radical (unpaired) electrons. The summed E-state index contributed by atoms with van der Waals surface area (Å²) in [6.45, 7) is 10.4. The fourth-order valence-corrected chi connectivity index (χ4v) is 3.09. The number of halogens is 1. The average Bonchev–Trinajstić information content (AvgIpc) is 2.50. The van der Waals surface area contributed by atoms with Gasteiger partial charge in [-0.1, -0.05) is 13.8 Å². The lowest BCUT2D eigenvalue weighted by Crippen LogP contribution is -2.48. The van der Waals surface area contributed by atoms with E-state index in [0.29, 0.717) is 24.3 Å². The van der Waals surface area contributed by atoms with Crippen molar-refractivity contribution in [3.63, 3.8) is 0 Å². The third-order valence-electron chi connectivity index (χ3n) is 3.92. The van der Waals surface area contributed by atoms with Crippen LogP contribution < -0.4 is 10.1 Å². The summed E-state index contributed by atoms with van der Waals surface area (Å²) in [4.78, 5) is 11.3. The normalized spacial score (nSPS) is 21.6. The number of nitrogens with zero attached hydrogens (tertiary/aromatic N) is 3. The first-order chi connectivity index (χ1) is 10.6. The molecule has 1 aliphatic rings. The number of aromatic nitrogens is 1. The zero-order valence-electron chi connectivity index (χ0n) is 14.6. The van der Waals surface area contributed by atoms with Gasteiger partial charge in [-0.25, -0.2) is 9.98 Å². The first kappa shape index (κ1) is 20.0. The van der Waals surface area contributed by atoms with Gasteiger partial charge in [0.2, 0.25) is 5.88 Å². The van der Waals surface area contributed by atoms with Crippen LogP contribution in [-0.2, 0) is 6.54 Å². The summed E-state index contributed by atoms with van der Waals surface area (Å²) in [5, 5.41) is 3.42. The van der Waals surface area contributed by atoms with Crippen LogP contribution in [0.2, 0.25) is 0 Å². The van der Waals surface area contributed by atoms with Gasteiger partial charge in [0.15, 0.2) is 5.96 Å². The van der Waals surface area contributed by atoms with Crippen LogP contribution in [0.5, 0.6) is 5.88 Å². The average molecular weight is 432 g/mol. The third-order valence-corrected chi connectivity index (χ3v) is 3.92. The number of likely N-dealkylation sites (tertiary alicyclic amines) is 1. The lowest BCUT2D eigenvalue weighted by molar-refractivity contribution is 0.208. The van der Waals surface area contributed by atoms with Crippen molar-refractivity contribution in [3.8, 4) is 5.88 Å². The summed E-state index contributed by atoms with van der Waals surface area (Å²) in [6, 6.07) is 3.92. The van der Waals surface area contributed by atoms with Crippen molar-refractivity contribution in [2.45, 2.75) is 33.7 Å². The standard InChI is InChI=1S/C17H28N4O.HI/c1-5-18-17(21-11-13(2)8-14(3)12-21)20-10-15-6-7-19-16(9-15)22-4;/h6-7,9,13-14H,5,8,10-12H2,1-4H3,(H,18,20);1H. The van der Waals surface area contributed by atoms with E-state index in [9.17, 15) is 0 Å². The Morgan fingerprint density at radius 3 is 2.70 bits per heavy atom. The second-order valence-electron chi connectivity index (χ2n) is 6.23. The molecule has 5 nitrogen and oxygen atoms in total. The molecular formula is C17H29IN4O. The van der Waals surface area contributed by atoms with E-state index in [2.05, 4.69) is 36.0 Å². The van der Waals surface area contributed by atoms with Crippen molar-refractivity contribution in [2.75, 3.05) is 26.7 Å². The molecule has 1 fully saturated rings. The molecule has 1 aromatic rings. The molecule has 2 rings (SSSR count). The molecule has 1 aliphatic heterocycles. The van der Waals surface area contributed by atoms with E-state index in [1.54, 1.807) is 13.3 Å². The molecule has 0 amide bonds. The number of guanidine groups is 1. The van der Waals surface area contributed by atoms with Gasteiger partial charge in [0.05, 0.1) is 13.7 Å². The first-order valence-electron chi connectivity index (χ1n) is 8.14. The van der Waals surface area contributed by atoms with Crippen LogP contribution in [0.15, 0.2) is 23.3 Å². The molecule has 1 N–H and O–H groups in total. The number of methoxy groups -OCH3 is 1. The number of hydrogen-bond donors (Lipinski definition) is 1. The Morgan fingerprint density at radius 2 is 2.09 bits per heavy atom. The molecule has 6 heteroatoms. The van der Waals surface area contributed by atoms with Crippen molar-refractivity contribution >= 4 is 29.9 Å². The zero-order chi connectivity index (χ0) is 15.9. The highest BCUT2D eigenvalue weighted by Crippen LogP contribution is 2.21. The van der Waals surface area contributed by atoms with Crippen molar-refractivity contribution in [3.05, 3.63) is 23.9 Å². The second kappa shape index (κ2) is 9.95. The van der Waals surface area contributed by atoms with Gasteiger partial charge in [0.1, 0.15) is 0 Å². The summed E-state index contributed by atoms with van der Waals surface area (Å²) in [5.74, 6) is 3.08. The van der Waals surface area contributed by atoms with E-state index in [-0.39, 0.29) is 24.0 Å². The lowest BCUT2D eigenvalue weighted by atomic mass is 9.92. The fraction of sp³-hybridized carbons (Fsp3) is 0.647. The molecule has 130 valence electrons. The van der Waals surface area contributed by atoms with Crippen LogP contribution in [0.25, 0.3) is 0 Å². The minimum Gasteiger partial charge on any atom is -0.481 e. The molecule has 0 spiro atoms. The van der Waals surface area contributed by atoms with Crippen LogP contribution in [0.1, 0.15) is 32.8 Å². The van der Waals surface area contributed by atoms with Crippen molar-refractivity contribution in [2.24, 2.45) is 16.8 Å². The van der Waals surface area contributed by atoms with E-state index >= 15 is 0 Å². The van der Waals surface area contributed by atoms with Gasteiger partial charge in [-0.2, -0.15) is 0 Å². The topological polar surface area (TPSA) is 49.8 Å². The number of aliphatic imine (C=N–C) groups is 1. The minimum absolute atomic E-state index is 0. The van der Waals surface area contributed by atoms with Gasteiger partial charge < -0.3 is 15.0 Å². The molecule has 23 heavy (non-hydrogen) atoms. The molecule has 1 aromatic heterocycles. The molecule has 2 atom stereocenters. The van der Waals surface area contributed by atoms with Gasteiger partial charge in [-0.15, -0.1) is 24.0 Å². The summed E-state index contributed by atoms with van der Waals surface area (Å²) in [5.41, 5.74) is 1.11. The number of nitrogens with one attached hydrogen (secondary N) is 1. The monoisotopic (exact) mass is 432 g/mol. The van der Waals surface area contributed by atoms with Crippen LogP contribution in [0, 0.1) is 11.8 Å². The molecule has 2 heterocycles. The molecule has 0 saturated carbocycles. The smallest absolute Gasteiger partial charge is 0.213 e. The Kier molecular flexibility index (Phi) is 8.65. The highest BCUT2D eigenvalue weighted by molar-refractivity contribution is 14.0. The number of rotatable bonds is 4. The van der Waals surface area contributed by atoms with Gasteiger partial charge in [-0.3, -0.25) is 0 Å². The predicted molar refractivity (Wildman–Crippen MR) is 106 cm³/mol. The van der Waals surface area contributed by atoms with Gasteiger partial charge in [0.25, 0.3) is 0 Å². The second-order valence-corrected chi connectivity index (χ2v) is 6.23. The maximum Gasteiger partial charge on any atom is 0.213 e. The SMILES string of the molecule is CCNC(=NCc1ccnc(OC)c1)N1CC(C)CC(C)C1.I.